The molecule has 0 radical (unpaired) electrons. The Kier molecular flexibility index (Phi) is 6.31. The zero-order chi connectivity index (χ0) is 26.2. The number of rotatable bonds is 5. The number of esters is 1. The van der Waals surface area contributed by atoms with Crippen molar-refractivity contribution < 1.29 is 14.3 Å². The molecular weight excluding hydrogens is 456 g/mol. The van der Waals surface area contributed by atoms with E-state index in [0.29, 0.717) is 22.8 Å². The molecule has 0 fully saturated rings. The fraction of sp³-hybridized carbons (Fsp3) is 0.147. The zero-order valence-corrected chi connectivity index (χ0v) is 21.7. The quantitative estimate of drug-likeness (QED) is 0.141. The Hall–Kier alpha value is -4.37. The number of benzene rings is 5. The summed E-state index contributed by atoms with van der Waals surface area (Å²) in [6.07, 6.45) is 0. The Labute approximate surface area is 218 Å². The van der Waals surface area contributed by atoms with Crippen LogP contribution in [-0.4, -0.2) is 5.97 Å². The number of hydrogen-bond acceptors (Lipinski definition) is 3. The van der Waals surface area contributed by atoms with Gasteiger partial charge in [0, 0.05) is 5.56 Å². The average Bonchev–Trinajstić information content (AvgIpc) is 2.89. The highest BCUT2D eigenvalue weighted by Crippen LogP contribution is 2.39. The number of fused-ring (bicyclic) bond motifs is 2. The number of carbonyl (C=O) groups excluding carboxylic acids is 1. The maximum absolute atomic E-state index is 13.2. The second-order valence-electron chi connectivity index (χ2n) is 10.4. The molecule has 5 rings (SSSR count). The predicted octanol–water partition coefficient (Wildman–Crippen LogP) is 8.87. The van der Waals surface area contributed by atoms with Crippen molar-refractivity contribution in [2.24, 2.45) is 0 Å². The third kappa shape index (κ3) is 5.12. The van der Waals surface area contributed by atoms with Gasteiger partial charge < -0.3 is 9.47 Å². The fourth-order valence-electron chi connectivity index (χ4n) is 4.40. The molecule has 0 atom stereocenters. The molecule has 0 bridgehead atoms. The number of aryl methyl sites for hydroxylation is 1. The molecule has 0 saturated carbocycles. The van der Waals surface area contributed by atoms with E-state index in [-0.39, 0.29) is 5.41 Å². The van der Waals surface area contributed by atoms with Gasteiger partial charge in [-0.05, 0) is 69.3 Å². The van der Waals surface area contributed by atoms with Gasteiger partial charge in [-0.2, -0.15) is 0 Å². The Morgan fingerprint density at radius 2 is 1.22 bits per heavy atom. The fourth-order valence-corrected chi connectivity index (χ4v) is 4.40. The topological polar surface area (TPSA) is 35.5 Å². The third-order valence-electron chi connectivity index (χ3n) is 6.59. The molecule has 0 aliphatic heterocycles. The molecule has 0 amide bonds. The summed E-state index contributed by atoms with van der Waals surface area (Å²) < 4.78 is 12.3. The van der Waals surface area contributed by atoms with Gasteiger partial charge in [-0.25, -0.2) is 4.79 Å². The van der Waals surface area contributed by atoms with Gasteiger partial charge in [0.05, 0.1) is 5.56 Å². The SMILES string of the molecule is C=C(Oc1cc(C(C)(C)C)cc(C)c1OC(=O)c1ccc2ccccc2c1)c1ccc2ccccc2c1. The van der Waals surface area contributed by atoms with Crippen molar-refractivity contribution in [3.8, 4) is 11.5 Å². The minimum Gasteiger partial charge on any atom is -0.453 e. The average molecular weight is 487 g/mol. The van der Waals surface area contributed by atoms with Crippen molar-refractivity contribution >= 4 is 33.3 Å². The summed E-state index contributed by atoms with van der Waals surface area (Å²) in [6.45, 7) is 12.6. The van der Waals surface area contributed by atoms with Crippen LogP contribution in [0.1, 0.15) is 47.8 Å². The van der Waals surface area contributed by atoms with Gasteiger partial charge in [0.25, 0.3) is 0 Å². The molecule has 3 nitrogen and oxygen atoms in total. The molecule has 0 aromatic heterocycles. The van der Waals surface area contributed by atoms with Crippen LogP contribution in [0.25, 0.3) is 27.3 Å². The molecule has 0 spiro atoms. The summed E-state index contributed by atoms with van der Waals surface area (Å²) in [4.78, 5) is 13.2. The van der Waals surface area contributed by atoms with E-state index in [2.05, 4.69) is 57.7 Å². The summed E-state index contributed by atoms with van der Waals surface area (Å²) in [5.41, 5.74) is 3.13. The Bertz CT molecular complexity index is 1650. The molecule has 0 unspecified atom stereocenters. The highest BCUT2D eigenvalue weighted by Gasteiger charge is 2.22. The first-order chi connectivity index (χ1) is 17.7. The molecule has 37 heavy (non-hydrogen) atoms. The van der Waals surface area contributed by atoms with Crippen LogP contribution >= 0.6 is 0 Å². The van der Waals surface area contributed by atoms with E-state index in [9.17, 15) is 4.79 Å². The van der Waals surface area contributed by atoms with Crippen molar-refractivity contribution in [3.05, 3.63) is 126 Å². The second kappa shape index (κ2) is 9.59. The van der Waals surface area contributed by atoms with E-state index < -0.39 is 5.97 Å². The maximum atomic E-state index is 13.2. The summed E-state index contributed by atoms with van der Waals surface area (Å²) in [7, 11) is 0. The number of ether oxygens (including phenoxy) is 2. The summed E-state index contributed by atoms with van der Waals surface area (Å²) >= 11 is 0. The number of carbonyl (C=O) groups is 1. The minimum absolute atomic E-state index is 0.117. The smallest absolute Gasteiger partial charge is 0.343 e. The van der Waals surface area contributed by atoms with Crippen molar-refractivity contribution in [2.75, 3.05) is 0 Å². The lowest BCUT2D eigenvalue weighted by molar-refractivity contribution is 0.0729. The lowest BCUT2D eigenvalue weighted by Crippen LogP contribution is -2.14. The standard InChI is InChI=1S/C34H30O3/c1-22-18-30(34(3,4)5)21-31(36-23(2)26-16-14-24-10-6-8-12-27(24)19-26)32(22)37-33(35)29-17-15-25-11-7-9-13-28(25)20-29/h6-21H,2H2,1,3-5H3. The van der Waals surface area contributed by atoms with Crippen LogP contribution in [0.5, 0.6) is 11.5 Å². The van der Waals surface area contributed by atoms with Gasteiger partial charge in [-0.1, -0.05) is 100 Å². The van der Waals surface area contributed by atoms with E-state index in [0.717, 1.165) is 38.2 Å². The van der Waals surface area contributed by atoms with E-state index in [1.54, 1.807) is 6.07 Å². The van der Waals surface area contributed by atoms with Gasteiger partial charge in [0.15, 0.2) is 11.5 Å². The Morgan fingerprint density at radius 1 is 0.676 bits per heavy atom. The van der Waals surface area contributed by atoms with Crippen LogP contribution in [0.15, 0.2) is 104 Å². The Balaban J connectivity index is 1.50. The summed E-state index contributed by atoms with van der Waals surface area (Å²) in [5.74, 6) is 0.920. The lowest BCUT2D eigenvalue weighted by atomic mass is 9.86. The van der Waals surface area contributed by atoms with Gasteiger partial charge in [0.1, 0.15) is 5.76 Å². The van der Waals surface area contributed by atoms with Crippen LogP contribution in [-0.2, 0) is 5.41 Å². The van der Waals surface area contributed by atoms with E-state index in [4.69, 9.17) is 9.47 Å². The first-order valence-electron chi connectivity index (χ1n) is 12.4. The normalized spacial score (nSPS) is 11.5. The van der Waals surface area contributed by atoms with Crippen molar-refractivity contribution in [3.63, 3.8) is 0 Å². The van der Waals surface area contributed by atoms with Crippen LogP contribution < -0.4 is 9.47 Å². The van der Waals surface area contributed by atoms with Gasteiger partial charge >= 0.3 is 5.97 Å². The van der Waals surface area contributed by atoms with Crippen LogP contribution in [0.4, 0.5) is 0 Å². The first-order valence-corrected chi connectivity index (χ1v) is 12.4. The van der Waals surface area contributed by atoms with E-state index in [1.807, 2.05) is 67.6 Å². The molecule has 5 aromatic carbocycles. The van der Waals surface area contributed by atoms with Crippen LogP contribution in [0, 0.1) is 6.92 Å². The van der Waals surface area contributed by atoms with Crippen molar-refractivity contribution in [1.29, 1.82) is 0 Å². The summed E-state index contributed by atoms with van der Waals surface area (Å²) in [6, 6.07) is 31.8. The molecule has 0 saturated heterocycles. The molecule has 3 heteroatoms. The summed E-state index contributed by atoms with van der Waals surface area (Å²) in [5, 5.41) is 4.31. The molecule has 184 valence electrons. The largest absolute Gasteiger partial charge is 0.453 e. The monoisotopic (exact) mass is 486 g/mol. The lowest BCUT2D eigenvalue weighted by Gasteiger charge is -2.23. The van der Waals surface area contributed by atoms with Gasteiger partial charge in [-0.3, -0.25) is 0 Å². The van der Waals surface area contributed by atoms with Crippen LogP contribution in [0.2, 0.25) is 0 Å². The zero-order valence-electron chi connectivity index (χ0n) is 21.7. The molecule has 0 aliphatic carbocycles. The highest BCUT2D eigenvalue weighted by molar-refractivity contribution is 5.96. The molecule has 0 N–H and O–H groups in total. The maximum Gasteiger partial charge on any atom is 0.343 e. The molecule has 0 aliphatic rings. The van der Waals surface area contributed by atoms with E-state index >= 15 is 0 Å². The van der Waals surface area contributed by atoms with Crippen molar-refractivity contribution in [1.82, 2.24) is 0 Å². The predicted molar refractivity (Wildman–Crippen MR) is 152 cm³/mol. The van der Waals surface area contributed by atoms with Crippen LogP contribution in [0.3, 0.4) is 0 Å². The molecule has 0 heterocycles. The number of hydrogen-bond donors (Lipinski definition) is 0. The molecular formula is C34H30O3. The van der Waals surface area contributed by atoms with Gasteiger partial charge in [-0.15, -0.1) is 0 Å². The van der Waals surface area contributed by atoms with Gasteiger partial charge in [0.2, 0.25) is 0 Å². The van der Waals surface area contributed by atoms with E-state index in [1.165, 1.54) is 0 Å². The second-order valence-corrected chi connectivity index (χ2v) is 10.4. The third-order valence-corrected chi connectivity index (χ3v) is 6.59. The first kappa shape index (κ1) is 24.3. The van der Waals surface area contributed by atoms with Crippen molar-refractivity contribution in [2.45, 2.75) is 33.1 Å². The Morgan fingerprint density at radius 3 is 1.81 bits per heavy atom. The minimum atomic E-state index is -0.432. The highest BCUT2D eigenvalue weighted by atomic mass is 16.6. The molecule has 5 aromatic rings.